The lowest BCUT2D eigenvalue weighted by Gasteiger charge is -2.08. The van der Waals surface area contributed by atoms with E-state index in [9.17, 15) is 0 Å². The Morgan fingerprint density at radius 1 is 1.33 bits per heavy atom. The summed E-state index contributed by atoms with van der Waals surface area (Å²) in [6.07, 6.45) is 1.80. The minimum atomic E-state index is -0.0596. The van der Waals surface area contributed by atoms with Crippen LogP contribution >= 0.6 is 39.7 Å². The molecule has 0 spiro atoms. The SMILES string of the molecule is Cl.N[C@H](c1ccc(Br)nc1)c1cccs1. The molecule has 0 aliphatic carbocycles. The van der Waals surface area contributed by atoms with Crippen molar-refractivity contribution >= 4 is 39.7 Å². The van der Waals surface area contributed by atoms with Gasteiger partial charge < -0.3 is 5.73 Å². The van der Waals surface area contributed by atoms with Crippen LogP contribution in [0.1, 0.15) is 16.5 Å². The molecule has 0 amide bonds. The summed E-state index contributed by atoms with van der Waals surface area (Å²) in [5.41, 5.74) is 7.10. The fraction of sp³-hybridized carbons (Fsp3) is 0.100. The fourth-order valence-corrected chi connectivity index (χ4v) is 2.19. The van der Waals surface area contributed by atoms with Gasteiger partial charge in [-0.05, 0) is 39.0 Å². The zero-order valence-electron chi connectivity index (χ0n) is 7.76. The Bertz CT molecular complexity index is 402. The minimum absolute atomic E-state index is 0. The first-order valence-electron chi connectivity index (χ1n) is 4.18. The van der Waals surface area contributed by atoms with E-state index in [-0.39, 0.29) is 18.4 Å². The van der Waals surface area contributed by atoms with Crippen LogP contribution in [0.15, 0.2) is 40.4 Å². The molecular formula is C10H10BrClN2S. The lowest BCUT2D eigenvalue weighted by atomic mass is 10.1. The number of nitrogens with two attached hydrogens (primary N) is 1. The van der Waals surface area contributed by atoms with Crippen molar-refractivity contribution in [3.63, 3.8) is 0 Å². The second-order valence-corrected chi connectivity index (χ2v) is 4.70. The smallest absolute Gasteiger partial charge is 0.106 e. The Balaban J connectivity index is 0.00000112. The van der Waals surface area contributed by atoms with Gasteiger partial charge in [0.2, 0.25) is 0 Å². The maximum Gasteiger partial charge on any atom is 0.106 e. The second-order valence-electron chi connectivity index (χ2n) is 2.91. The van der Waals surface area contributed by atoms with Crippen molar-refractivity contribution in [2.75, 3.05) is 0 Å². The monoisotopic (exact) mass is 304 g/mol. The van der Waals surface area contributed by atoms with Crippen LogP contribution in [0.2, 0.25) is 0 Å². The summed E-state index contributed by atoms with van der Waals surface area (Å²) in [5.74, 6) is 0. The lowest BCUT2D eigenvalue weighted by molar-refractivity contribution is 0.882. The van der Waals surface area contributed by atoms with Gasteiger partial charge in [0.1, 0.15) is 4.60 Å². The third kappa shape index (κ3) is 3.01. The molecule has 0 aromatic carbocycles. The maximum absolute atomic E-state index is 6.07. The van der Waals surface area contributed by atoms with Gasteiger partial charge in [0.15, 0.2) is 0 Å². The highest BCUT2D eigenvalue weighted by Crippen LogP contribution is 2.23. The van der Waals surface area contributed by atoms with Crippen LogP contribution in [-0.4, -0.2) is 4.98 Å². The third-order valence-electron chi connectivity index (χ3n) is 1.96. The largest absolute Gasteiger partial charge is 0.320 e. The van der Waals surface area contributed by atoms with Crippen molar-refractivity contribution in [2.45, 2.75) is 6.04 Å². The molecule has 0 bridgehead atoms. The Labute approximate surface area is 107 Å². The highest BCUT2D eigenvalue weighted by molar-refractivity contribution is 9.10. The highest BCUT2D eigenvalue weighted by Gasteiger charge is 2.09. The summed E-state index contributed by atoms with van der Waals surface area (Å²) in [4.78, 5) is 5.31. The standard InChI is InChI=1S/C10H9BrN2S.ClH/c11-9-4-3-7(6-13-9)10(12)8-2-1-5-14-8;/h1-6,10H,12H2;1H/t10-;/m1./s1. The van der Waals surface area contributed by atoms with Gasteiger partial charge in [-0.1, -0.05) is 12.1 Å². The number of aromatic nitrogens is 1. The number of thiophene rings is 1. The second kappa shape index (κ2) is 5.61. The molecule has 2 nitrogen and oxygen atoms in total. The molecule has 2 heterocycles. The summed E-state index contributed by atoms with van der Waals surface area (Å²) in [5, 5.41) is 2.03. The zero-order chi connectivity index (χ0) is 9.97. The summed E-state index contributed by atoms with van der Waals surface area (Å²) < 4.78 is 0.833. The molecule has 0 saturated heterocycles. The molecule has 0 unspecified atom stereocenters. The van der Waals surface area contributed by atoms with Crippen molar-refractivity contribution in [2.24, 2.45) is 5.73 Å². The molecular weight excluding hydrogens is 296 g/mol. The third-order valence-corrected chi connectivity index (χ3v) is 3.38. The van der Waals surface area contributed by atoms with Gasteiger partial charge in [-0.2, -0.15) is 0 Å². The summed E-state index contributed by atoms with van der Waals surface area (Å²) in [7, 11) is 0. The number of rotatable bonds is 2. The van der Waals surface area contributed by atoms with E-state index in [2.05, 4.69) is 20.9 Å². The number of nitrogens with zero attached hydrogens (tertiary/aromatic N) is 1. The Morgan fingerprint density at radius 3 is 2.67 bits per heavy atom. The van der Waals surface area contributed by atoms with Crippen molar-refractivity contribution in [1.82, 2.24) is 4.98 Å². The predicted octanol–water partition coefficient (Wildman–Crippen LogP) is 3.38. The summed E-state index contributed by atoms with van der Waals surface area (Å²) in [6.45, 7) is 0. The summed E-state index contributed by atoms with van der Waals surface area (Å²) in [6, 6.07) is 7.88. The molecule has 2 N–H and O–H groups in total. The van der Waals surface area contributed by atoms with Gasteiger partial charge in [-0.15, -0.1) is 23.7 Å². The molecule has 80 valence electrons. The molecule has 2 aromatic heterocycles. The molecule has 0 aliphatic heterocycles. The molecule has 15 heavy (non-hydrogen) atoms. The van der Waals surface area contributed by atoms with Gasteiger partial charge in [0, 0.05) is 11.1 Å². The molecule has 1 atom stereocenters. The van der Waals surface area contributed by atoms with E-state index in [0.717, 1.165) is 15.0 Å². The predicted molar refractivity (Wildman–Crippen MR) is 69.5 cm³/mol. The van der Waals surface area contributed by atoms with Crippen LogP contribution in [0.5, 0.6) is 0 Å². The van der Waals surface area contributed by atoms with Crippen LogP contribution in [0, 0.1) is 0 Å². The number of hydrogen-bond acceptors (Lipinski definition) is 3. The van der Waals surface area contributed by atoms with Gasteiger partial charge in [0.25, 0.3) is 0 Å². The van der Waals surface area contributed by atoms with E-state index in [4.69, 9.17) is 5.73 Å². The van der Waals surface area contributed by atoms with Gasteiger partial charge in [-0.3, -0.25) is 0 Å². The Hall–Kier alpha value is -0.420. The molecule has 2 aromatic rings. The maximum atomic E-state index is 6.07. The topological polar surface area (TPSA) is 38.9 Å². The van der Waals surface area contributed by atoms with Crippen LogP contribution in [0.3, 0.4) is 0 Å². The zero-order valence-corrected chi connectivity index (χ0v) is 11.0. The molecule has 2 rings (SSSR count). The minimum Gasteiger partial charge on any atom is -0.320 e. The van der Waals surface area contributed by atoms with E-state index in [1.807, 2.05) is 29.6 Å². The summed E-state index contributed by atoms with van der Waals surface area (Å²) >= 11 is 4.96. The molecule has 0 aliphatic rings. The Kier molecular flexibility index (Phi) is 4.73. The molecule has 0 radical (unpaired) electrons. The van der Waals surface area contributed by atoms with E-state index >= 15 is 0 Å². The quantitative estimate of drug-likeness (QED) is 0.864. The first-order valence-corrected chi connectivity index (χ1v) is 5.85. The average Bonchev–Trinajstić information content (AvgIpc) is 2.71. The number of hydrogen-bond donors (Lipinski definition) is 1. The van der Waals surface area contributed by atoms with Gasteiger partial charge in [-0.25, -0.2) is 4.98 Å². The van der Waals surface area contributed by atoms with Gasteiger partial charge >= 0.3 is 0 Å². The molecule has 5 heteroatoms. The van der Waals surface area contributed by atoms with Crippen molar-refractivity contribution < 1.29 is 0 Å². The first kappa shape index (κ1) is 12.6. The molecule has 0 saturated carbocycles. The number of halogens is 2. The van der Waals surface area contributed by atoms with E-state index < -0.39 is 0 Å². The number of pyridine rings is 1. The Morgan fingerprint density at radius 2 is 2.13 bits per heavy atom. The van der Waals surface area contributed by atoms with Crippen molar-refractivity contribution in [3.05, 3.63) is 50.9 Å². The first-order chi connectivity index (χ1) is 6.77. The lowest BCUT2D eigenvalue weighted by Crippen LogP contribution is -2.10. The van der Waals surface area contributed by atoms with Crippen LogP contribution in [-0.2, 0) is 0 Å². The van der Waals surface area contributed by atoms with Crippen molar-refractivity contribution in [1.29, 1.82) is 0 Å². The average molecular weight is 306 g/mol. The fourth-order valence-electron chi connectivity index (χ4n) is 1.20. The highest BCUT2D eigenvalue weighted by atomic mass is 79.9. The van der Waals surface area contributed by atoms with Crippen molar-refractivity contribution in [3.8, 4) is 0 Å². The van der Waals surface area contributed by atoms with Gasteiger partial charge in [0.05, 0.1) is 6.04 Å². The molecule has 0 fully saturated rings. The van der Waals surface area contributed by atoms with Crippen LogP contribution < -0.4 is 5.73 Å². The van der Waals surface area contributed by atoms with E-state index in [0.29, 0.717) is 0 Å². The van der Waals surface area contributed by atoms with E-state index in [1.54, 1.807) is 17.5 Å². The normalized spacial score (nSPS) is 11.9. The van der Waals surface area contributed by atoms with E-state index in [1.165, 1.54) is 0 Å². The van der Waals surface area contributed by atoms with Crippen LogP contribution in [0.4, 0.5) is 0 Å². The van der Waals surface area contributed by atoms with Crippen LogP contribution in [0.25, 0.3) is 0 Å².